The molecule has 0 amide bonds. The molecule has 0 aliphatic rings. The number of ether oxygens (including phenoxy) is 5. The zero-order chi connectivity index (χ0) is 83.7. The maximum atomic E-state index is 13.5. The van der Waals surface area contributed by atoms with Crippen LogP contribution in [-0.4, -0.2) is 139 Å². The van der Waals surface area contributed by atoms with Crippen molar-refractivity contribution in [3.8, 4) is 46.5 Å². The minimum atomic E-state index is -4.63. The van der Waals surface area contributed by atoms with E-state index >= 15 is 0 Å². The Morgan fingerprint density at radius 1 is 0.378 bits per heavy atom. The molecule has 9 heterocycles. The highest BCUT2D eigenvalue weighted by atomic mass is 19.4. The number of aryl methyl sites for hydroxylation is 3. The first-order valence-corrected chi connectivity index (χ1v) is 36.2. The number of hydrogen-bond acceptors (Lipinski definition) is 23. The fourth-order valence-corrected chi connectivity index (χ4v) is 12.1. The van der Waals surface area contributed by atoms with Crippen molar-refractivity contribution in [3.63, 3.8) is 0 Å². The van der Waals surface area contributed by atoms with Crippen molar-refractivity contribution in [2.75, 3.05) is 79.5 Å². The van der Waals surface area contributed by atoms with E-state index in [4.69, 9.17) is 14.2 Å². The van der Waals surface area contributed by atoms with Gasteiger partial charge in [0, 0.05) is 80.8 Å². The number of halogens is 10. The molecular formula is C82H72F10N22O5. The van der Waals surface area contributed by atoms with Crippen LogP contribution in [0, 0.1) is 20.8 Å². The average molecular weight is 1640 g/mol. The van der Waals surface area contributed by atoms with Crippen LogP contribution in [0.2, 0.25) is 0 Å². The van der Waals surface area contributed by atoms with Gasteiger partial charge in [0.15, 0.2) is 11.5 Å². The number of hydrogen-bond donors (Lipinski definition) is 6. The molecule has 27 nitrogen and oxygen atoms in total. The van der Waals surface area contributed by atoms with Gasteiger partial charge in [-0.25, -0.2) is 34.4 Å². The summed E-state index contributed by atoms with van der Waals surface area (Å²) in [4.78, 5) is 49.4. The molecule has 0 fully saturated rings. The van der Waals surface area contributed by atoms with E-state index in [0.29, 0.717) is 113 Å². The van der Waals surface area contributed by atoms with Gasteiger partial charge in [-0.2, -0.15) is 73.9 Å². The summed E-state index contributed by atoms with van der Waals surface area (Å²) in [6.07, 6.45) is -4.52. The first kappa shape index (κ1) is 82.4. The van der Waals surface area contributed by atoms with E-state index in [9.17, 15) is 43.9 Å². The molecular weight excluding hydrogens is 1560 g/mol. The molecule has 6 N–H and O–H groups in total. The van der Waals surface area contributed by atoms with Gasteiger partial charge in [0.1, 0.15) is 69.6 Å². The van der Waals surface area contributed by atoms with Crippen molar-refractivity contribution in [2.45, 2.75) is 46.3 Å². The number of anilines is 10. The van der Waals surface area contributed by atoms with Crippen molar-refractivity contribution in [1.29, 1.82) is 0 Å². The molecule has 119 heavy (non-hydrogen) atoms. The summed E-state index contributed by atoms with van der Waals surface area (Å²) in [6.45, 7) is 2.01. The quantitative estimate of drug-likeness (QED) is 0.0229. The van der Waals surface area contributed by atoms with E-state index in [0.717, 1.165) is 56.9 Å². The Morgan fingerprint density at radius 3 is 1.18 bits per heavy atom. The molecule has 610 valence electrons. The number of para-hydroxylation sites is 6. The molecule has 0 bridgehead atoms. The lowest BCUT2D eigenvalue weighted by molar-refractivity contribution is -0.141. The largest absolute Gasteiger partial charge is 0.497 e. The van der Waals surface area contributed by atoms with Gasteiger partial charge in [0.05, 0.1) is 70.1 Å². The molecule has 0 aliphatic heterocycles. The van der Waals surface area contributed by atoms with Crippen LogP contribution in [0.1, 0.15) is 28.7 Å². The van der Waals surface area contributed by atoms with Crippen LogP contribution < -0.4 is 46.1 Å². The van der Waals surface area contributed by atoms with Crippen molar-refractivity contribution in [2.24, 2.45) is 0 Å². The summed E-state index contributed by atoms with van der Waals surface area (Å²) in [7, 11) is 4.79. The number of fused-ring (bicyclic) bond motifs is 4. The molecule has 0 radical (unpaired) electrons. The minimum absolute atomic E-state index is 0.0629. The summed E-state index contributed by atoms with van der Waals surface area (Å²) in [5.74, 6) is 7.37. The highest BCUT2D eigenvalue weighted by Crippen LogP contribution is 2.39. The fourth-order valence-electron chi connectivity index (χ4n) is 12.1. The first-order valence-electron chi connectivity index (χ1n) is 36.2. The summed E-state index contributed by atoms with van der Waals surface area (Å²) in [5.41, 5.74) is 6.07. The summed E-state index contributed by atoms with van der Waals surface area (Å²) < 4.78 is 159. The predicted molar refractivity (Wildman–Crippen MR) is 430 cm³/mol. The second-order valence-electron chi connectivity index (χ2n) is 25.5. The Kier molecular flexibility index (Phi) is 25.8. The second kappa shape index (κ2) is 37.3. The highest BCUT2D eigenvalue weighted by molar-refractivity contribution is 5.82. The number of aromatic nitrogens is 16. The topological polar surface area (TPSA) is 292 Å². The number of alkyl halides is 10. The molecule has 0 saturated heterocycles. The van der Waals surface area contributed by atoms with Gasteiger partial charge in [0.2, 0.25) is 17.8 Å². The highest BCUT2D eigenvalue weighted by Gasteiger charge is 2.39. The van der Waals surface area contributed by atoms with E-state index in [1.165, 1.54) is 53.3 Å². The molecule has 0 unspecified atom stereocenters. The summed E-state index contributed by atoms with van der Waals surface area (Å²) >= 11 is 0. The van der Waals surface area contributed by atoms with Crippen LogP contribution in [0.4, 0.5) is 102 Å². The third kappa shape index (κ3) is 20.9. The van der Waals surface area contributed by atoms with E-state index in [1.807, 2.05) is 107 Å². The number of nitrogens with one attached hydrogen (secondary N) is 6. The van der Waals surface area contributed by atoms with E-state index in [-0.39, 0.29) is 28.4 Å². The van der Waals surface area contributed by atoms with Gasteiger partial charge in [-0.15, -0.1) is 0 Å². The van der Waals surface area contributed by atoms with E-state index in [2.05, 4.69) is 101 Å². The van der Waals surface area contributed by atoms with Crippen molar-refractivity contribution < 1.29 is 67.6 Å². The molecule has 9 aromatic heterocycles. The van der Waals surface area contributed by atoms with Crippen LogP contribution in [-0.2, 0) is 21.8 Å². The Labute approximate surface area is 671 Å². The van der Waals surface area contributed by atoms with Gasteiger partial charge >= 0.3 is 25.6 Å². The maximum absolute atomic E-state index is 13.5. The van der Waals surface area contributed by atoms with Gasteiger partial charge < -0.3 is 55.6 Å². The molecule has 16 aromatic rings. The zero-order valence-corrected chi connectivity index (χ0v) is 63.9. The number of pyridine rings is 1. The van der Waals surface area contributed by atoms with Crippen molar-refractivity contribution in [1.82, 2.24) is 78.1 Å². The molecule has 0 atom stereocenters. The van der Waals surface area contributed by atoms with Crippen molar-refractivity contribution in [3.05, 3.63) is 260 Å². The lowest BCUT2D eigenvalue weighted by Gasteiger charge is -2.13. The Morgan fingerprint density at radius 2 is 0.756 bits per heavy atom. The number of imidazole rings is 3. The first-order chi connectivity index (χ1) is 57.4. The lowest BCUT2D eigenvalue weighted by Crippen LogP contribution is -2.12. The Bertz CT molecular complexity index is 6100. The third-order valence-corrected chi connectivity index (χ3v) is 17.3. The van der Waals surface area contributed by atoms with Crippen LogP contribution in [0.25, 0.3) is 67.8 Å². The third-order valence-electron chi connectivity index (χ3n) is 17.3. The SMILES string of the molecule is COCCNc1cc(Nc2ccc(C(F)(F)F)cc2)nc(-n2c(C)nc3ccccc32)n1.COCCNc1cc(Nc2ccc(OC(F)F)cc2)nc(-n2c(C)nc3ccccc32)n1.COc1ccc(Nc2ccnc(-c3c(C(F)(F)F)nn4ccccc34)n2)cc1.Cc1nc2ccccc2n1-c1nccc(Nc2ccc(OC(F)F)cc2)n1. The summed E-state index contributed by atoms with van der Waals surface area (Å²) in [5, 5.41) is 22.5. The van der Waals surface area contributed by atoms with Crippen LogP contribution >= 0.6 is 0 Å². The van der Waals surface area contributed by atoms with Crippen LogP contribution in [0.5, 0.6) is 17.2 Å². The molecule has 16 rings (SSSR count). The number of benzene rings is 7. The smallest absolute Gasteiger partial charge is 0.435 e. The van der Waals surface area contributed by atoms with Gasteiger partial charge in [-0.05, 0) is 178 Å². The Balaban J connectivity index is 0.000000138. The molecule has 37 heteroatoms. The predicted octanol–water partition coefficient (Wildman–Crippen LogP) is 18.5. The Hall–Kier alpha value is -14.6. The maximum Gasteiger partial charge on any atom is 0.435 e. The number of methoxy groups -OCH3 is 3. The molecule has 0 spiro atoms. The second-order valence-corrected chi connectivity index (χ2v) is 25.5. The van der Waals surface area contributed by atoms with E-state index in [1.54, 1.807) is 119 Å². The zero-order valence-electron chi connectivity index (χ0n) is 63.9. The fraction of sp³-hybridized carbons (Fsp3) is 0.171. The average Bonchev–Trinajstić information content (AvgIpc) is 1.62. The normalized spacial score (nSPS) is 11.4. The molecule has 0 saturated carbocycles. The van der Waals surface area contributed by atoms with Gasteiger partial charge in [-0.3, -0.25) is 13.7 Å². The summed E-state index contributed by atoms with van der Waals surface area (Å²) in [6, 6.07) is 58.9. The monoisotopic (exact) mass is 1630 g/mol. The molecule has 7 aromatic carbocycles. The lowest BCUT2D eigenvalue weighted by atomic mass is 10.1. The van der Waals surface area contributed by atoms with Crippen LogP contribution in [0.3, 0.4) is 0 Å². The van der Waals surface area contributed by atoms with Crippen LogP contribution in [0.15, 0.2) is 231 Å². The number of nitrogens with zero attached hydrogens (tertiary/aromatic N) is 16. The van der Waals surface area contributed by atoms with Gasteiger partial charge in [-0.1, -0.05) is 42.5 Å². The standard InChI is InChI=1S/C22H21F3N6O.C22H22F2N6O2.C19H14F3N5O.C19H15F2N5O/c1-14-27-17-5-3-4-6-18(17)31(14)21-29-19(26-11-12-32-2)13-20(30-21)28-16-9-7-15(8-10-16)22(23,24)25;1-14-26-17-5-3-4-6-18(17)30(14)22-28-19(25-11-12-31-2)13-20(29-22)27-15-7-9-16(10-8-15)32-21(23)24;1-28-13-7-5-12(6-8-13)24-15-9-10-23-18(25-15)16-14-4-2-3-11-27(14)26-17(16)19(20,21)22;1-12-23-15-4-2-3-5-16(15)26(12)19-22-11-10-17(25-19)24-13-6-8-14(9-7-13)27-18(20)21/h3-10,13H,11-12H2,1-2H3,(H2,26,28,29,30);3-10,13,21H,11-12H2,1-2H3,(H2,25,27,28,29);2-11H,1H3,(H,23,24,25);2-11,18H,1H3,(H,22,24,25). The van der Waals surface area contributed by atoms with E-state index < -0.39 is 36.8 Å². The van der Waals surface area contributed by atoms with Gasteiger partial charge in [0.25, 0.3) is 0 Å². The van der Waals surface area contributed by atoms with Crippen molar-refractivity contribution >= 4 is 96.3 Å². The minimum Gasteiger partial charge on any atom is -0.497 e. The number of rotatable bonds is 25. The molecule has 0 aliphatic carbocycles.